The highest BCUT2D eigenvalue weighted by Gasteiger charge is 2.14. The number of rotatable bonds is 3. The van der Waals surface area contributed by atoms with Crippen LogP contribution in [0.25, 0.3) is 11.5 Å². The molecule has 0 aromatic carbocycles. The maximum absolute atomic E-state index is 9.22. The fourth-order valence-electron chi connectivity index (χ4n) is 1.27. The van der Waals surface area contributed by atoms with Crippen LogP contribution in [-0.2, 0) is 6.42 Å². The lowest BCUT2D eigenvalue weighted by molar-refractivity contribution is 0.181. The molecule has 7 heteroatoms. The van der Waals surface area contributed by atoms with Gasteiger partial charge in [0.15, 0.2) is 0 Å². The summed E-state index contributed by atoms with van der Waals surface area (Å²) in [7, 11) is 0. The van der Waals surface area contributed by atoms with Gasteiger partial charge in [-0.25, -0.2) is 0 Å². The number of aliphatic hydroxyl groups is 1. The molecule has 0 aliphatic rings. The van der Waals surface area contributed by atoms with E-state index in [-0.39, 0.29) is 0 Å². The Hall–Kier alpha value is -0.790. The van der Waals surface area contributed by atoms with Crippen LogP contribution in [0.4, 0.5) is 0 Å². The zero-order valence-corrected chi connectivity index (χ0v) is 12.1. The number of pyridine rings is 1. The Morgan fingerprint density at radius 3 is 2.88 bits per heavy atom. The molecule has 2 rings (SSSR count). The topological polar surface area (TPSA) is 72.0 Å². The summed E-state index contributed by atoms with van der Waals surface area (Å²) in [5.74, 6) is 0.798. The van der Waals surface area contributed by atoms with Crippen molar-refractivity contribution in [3.05, 3.63) is 27.1 Å². The fourth-order valence-corrected chi connectivity index (χ4v) is 2.43. The van der Waals surface area contributed by atoms with Crippen LogP contribution in [0, 0.1) is 0 Å². The van der Waals surface area contributed by atoms with Gasteiger partial charge in [-0.05, 0) is 44.8 Å². The predicted octanol–water partition coefficient (Wildman–Crippen LogP) is 2.58. The highest BCUT2D eigenvalue weighted by Crippen LogP contribution is 2.26. The molecule has 1 atom stereocenters. The van der Waals surface area contributed by atoms with E-state index >= 15 is 0 Å². The zero-order valence-electron chi connectivity index (χ0n) is 8.89. The van der Waals surface area contributed by atoms with Gasteiger partial charge in [0, 0.05) is 15.1 Å². The predicted molar refractivity (Wildman–Crippen MR) is 68.3 cm³/mol. The summed E-state index contributed by atoms with van der Waals surface area (Å²) in [6.07, 6.45) is 1.48. The maximum Gasteiger partial charge on any atom is 0.229 e. The molecular formula is C10H9Br2N3O2. The van der Waals surface area contributed by atoms with Gasteiger partial charge >= 0.3 is 0 Å². The van der Waals surface area contributed by atoms with Crippen molar-refractivity contribution in [2.24, 2.45) is 0 Å². The van der Waals surface area contributed by atoms with Gasteiger partial charge in [0.05, 0.1) is 12.5 Å². The van der Waals surface area contributed by atoms with Gasteiger partial charge in [-0.2, -0.15) is 4.98 Å². The molecule has 17 heavy (non-hydrogen) atoms. The minimum Gasteiger partial charge on any atom is -0.393 e. The van der Waals surface area contributed by atoms with Gasteiger partial charge in [-0.3, -0.25) is 4.98 Å². The molecule has 2 aromatic heterocycles. The molecule has 2 aromatic rings. The van der Waals surface area contributed by atoms with E-state index in [1.54, 1.807) is 13.1 Å². The van der Waals surface area contributed by atoms with Crippen LogP contribution in [0.5, 0.6) is 0 Å². The highest BCUT2D eigenvalue weighted by atomic mass is 79.9. The first kappa shape index (κ1) is 12.7. The summed E-state index contributed by atoms with van der Waals surface area (Å²) in [6, 6.07) is 1.85. The Bertz CT molecular complexity index is 528. The fraction of sp³-hybridized carbons (Fsp3) is 0.300. The Morgan fingerprint density at radius 1 is 1.47 bits per heavy atom. The summed E-state index contributed by atoms with van der Waals surface area (Å²) in [6.45, 7) is 1.66. The van der Waals surface area contributed by atoms with Crippen LogP contribution in [0.2, 0.25) is 0 Å². The second kappa shape index (κ2) is 5.24. The van der Waals surface area contributed by atoms with Crippen LogP contribution >= 0.6 is 31.9 Å². The minimum absolute atomic E-state index is 0.334. The monoisotopic (exact) mass is 361 g/mol. The summed E-state index contributed by atoms with van der Waals surface area (Å²) in [5, 5.41) is 13.0. The molecule has 0 saturated heterocycles. The van der Waals surface area contributed by atoms with E-state index in [2.05, 4.69) is 47.0 Å². The summed E-state index contributed by atoms with van der Waals surface area (Å²) in [4.78, 5) is 8.36. The molecule has 1 N–H and O–H groups in total. The van der Waals surface area contributed by atoms with Crippen LogP contribution in [-0.4, -0.2) is 26.3 Å². The quantitative estimate of drug-likeness (QED) is 0.908. The molecule has 0 radical (unpaired) electrons. The van der Waals surface area contributed by atoms with Crippen LogP contribution in [0.15, 0.2) is 25.7 Å². The van der Waals surface area contributed by atoms with Crippen molar-refractivity contribution >= 4 is 31.9 Å². The Labute approximate surface area is 115 Å². The number of halogens is 2. The molecule has 90 valence electrons. The number of aliphatic hydroxyl groups excluding tert-OH is 1. The van der Waals surface area contributed by atoms with Crippen molar-refractivity contribution in [2.45, 2.75) is 19.4 Å². The molecule has 0 bridgehead atoms. The third-order valence-electron chi connectivity index (χ3n) is 1.96. The van der Waals surface area contributed by atoms with E-state index in [4.69, 9.17) is 4.52 Å². The number of hydrogen-bond donors (Lipinski definition) is 1. The van der Waals surface area contributed by atoms with Crippen LogP contribution < -0.4 is 0 Å². The SMILES string of the molecule is CC(O)Cc1nc(-c2ncc(Br)cc2Br)no1. The zero-order chi connectivity index (χ0) is 12.4. The lowest BCUT2D eigenvalue weighted by Gasteiger charge is -1.98. The summed E-state index contributed by atoms with van der Waals surface area (Å²) < 4.78 is 6.66. The van der Waals surface area contributed by atoms with Gasteiger partial charge in [-0.1, -0.05) is 5.16 Å². The lowest BCUT2D eigenvalue weighted by Crippen LogP contribution is -2.04. The molecule has 0 aliphatic heterocycles. The van der Waals surface area contributed by atoms with Gasteiger partial charge in [0.1, 0.15) is 5.69 Å². The summed E-state index contributed by atoms with van der Waals surface area (Å²) in [5.41, 5.74) is 0.605. The van der Waals surface area contributed by atoms with Crippen molar-refractivity contribution in [3.8, 4) is 11.5 Å². The van der Waals surface area contributed by atoms with Crippen molar-refractivity contribution < 1.29 is 9.63 Å². The van der Waals surface area contributed by atoms with E-state index < -0.39 is 6.10 Å². The number of aromatic nitrogens is 3. The lowest BCUT2D eigenvalue weighted by atomic mass is 10.3. The van der Waals surface area contributed by atoms with E-state index in [0.29, 0.717) is 23.8 Å². The van der Waals surface area contributed by atoms with Crippen molar-refractivity contribution in [1.82, 2.24) is 15.1 Å². The Balaban J connectivity index is 2.30. The third-order valence-corrected chi connectivity index (χ3v) is 3.00. The second-order valence-electron chi connectivity index (χ2n) is 3.55. The summed E-state index contributed by atoms with van der Waals surface area (Å²) >= 11 is 6.70. The van der Waals surface area contributed by atoms with E-state index in [1.165, 1.54) is 0 Å². The van der Waals surface area contributed by atoms with Gasteiger partial charge in [0.2, 0.25) is 11.7 Å². The van der Waals surface area contributed by atoms with Crippen LogP contribution in [0.3, 0.4) is 0 Å². The van der Waals surface area contributed by atoms with Crippen molar-refractivity contribution in [3.63, 3.8) is 0 Å². The smallest absolute Gasteiger partial charge is 0.229 e. The average Bonchev–Trinajstić information content (AvgIpc) is 2.65. The molecule has 0 saturated carbocycles. The number of nitrogens with zero attached hydrogens (tertiary/aromatic N) is 3. The van der Waals surface area contributed by atoms with Crippen LogP contribution in [0.1, 0.15) is 12.8 Å². The first-order chi connectivity index (χ1) is 8.06. The molecule has 0 fully saturated rings. The first-order valence-electron chi connectivity index (χ1n) is 4.88. The van der Waals surface area contributed by atoms with Crippen molar-refractivity contribution in [2.75, 3.05) is 0 Å². The molecule has 1 unspecified atom stereocenters. The average molecular weight is 363 g/mol. The van der Waals surface area contributed by atoms with Gasteiger partial charge in [-0.15, -0.1) is 0 Å². The van der Waals surface area contributed by atoms with Crippen molar-refractivity contribution in [1.29, 1.82) is 0 Å². The molecule has 2 heterocycles. The maximum atomic E-state index is 9.22. The van der Waals surface area contributed by atoms with Gasteiger partial charge in [0.25, 0.3) is 0 Å². The largest absolute Gasteiger partial charge is 0.393 e. The van der Waals surface area contributed by atoms with Gasteiger partial charge < -0.3 is 9.63 Å². The molecule has 0 spiro atoms. The molecule has 5 nitrogen and oxygen atoms in total. The highest BCUT2D eigenvalue weighted by molar-refractivity contribution is 9.11. The Morgan fingerprint density at radius 2 is 2.24 bits per heavy atom. The third kappa shape index (κ3) is 3.11. The van der Waals surface area contributed by atoms with E-state index in [0.717, 1.165) is 8.95 Å². The molecule has 0 amide bonds. The second-order valence-corrected chi connectivity index (χ2v) is 5.32. The normalized spacial score (nSPS) is 12.7. The standard InChI is InChI=1S/C10H9Br2N3O2/c1-5(16)2-8-14-10(15-17-8)9-7(12)3-6(11)4-13-9/h3-5,16H,2H2,1H3. The minimum atomic E-state index is -0.510. The first-order valence-corrected chi connectivity index (χ1v) is 6.47. The van der Waals surface area contributed by atoms with E-state index in [1.807, 2.05) is 6.07 Å². The molecular weight excluding hydrogens is 354 g/mol. The number of hydrogen-bond acceptors (Lipinski definition) is 5. The Kier molecular flexibility index (Phi) is 3.90. The van der Waals surface area contributed by atoms with E-state index in [9.17, 15) is 5.11 Å². The molecule has 0 aliphatic carbocycles.